The number of benzene rings is 2. The molecule has 0 radical (unpaired) electrons. The molecule has 166 valence electrons. The summed E-state index contributed by atoms with van der Waals surface area (Å²) < 4.78 is 8.92. The van der Waals surface area contributed by atoms with E-state index in [2.05, 4.69) is 5.32 Å². The van der Waals surface area contributed by atoms with Crippen LogP contribution in [-0.2, 0) is 9.47 Å². The molecular weight excluding hydrogens is 486 g/mol. The first-order valence-corrected chi connectivity index (χ1v) is 11.0. The molecule has 6 nitrogen and oxygen atoms in total. The largest absolute Gasteiger partial charge is 0.449 e. The highest BCUT2D eigenvalue weighted by molar-refractivity contribution is 6.70. The van der Waals surface area contributed by atoms with Gasteiger partial charge in [-0.15, -0.1) is 0 Å². The Bertz CT molecular complexity index is 905. The van der Waals surface area contributed by atoms with Crippen LogP contribution in [0, 0.1) is 0 Å². The molecule has 1 aliphatic rings. The van der Waals surface area contributed by atoms with E-state index in [1.54, 1.807) is 7.05 Å². The molecule has 3 rings (SSSR count). The van der Waals surface area contributed by atoms with Crippen LogP contribution in [0.1, 0.15) is 23.7 Å². The van der Waals surface area contributed by atoms with E-state index in [0.717, 1.165) is 22.3 Å². The van der Waals surface area contributed by atoms with Crippen molar-refractivity contribution < 1.29 is 19.1 Å². The van der Waals surface area contributed by atoms with Gasteiger partial charge in [-0.3, -0.25) is 0 Å². The Hall–Kier alpha value is -1.86. The minimum absolute atomic E-state index is 0.0437. The summed E-state index contributed by atoms with van der Waals surface area (Å²) in [6, 6.07) is 15.7. The summed E-state index contributed by atoms with van der Waals surface area (Å²) in [6.45, 7) is 0.360. The van der Waals surface area contributed by atoms with E-state index in [-0.39, 0.29) is 6.61 Å². The molecule has 0 saturated carbocycles. The van der Waals surface area contributed by atoms with Crippen LogP contribution in [0.2, 0.25) is 0 Å². The van der Waals surface area contributed by atoms with E-state index in [0.29, 0.717) is 13.0 Å². The Balaban J connectivity index is 1.49. The molecule has 0 fully saturated rings. The van der Waals surface area contributed by atoms with Crippen LogP contribution >= 0.6 is 46.4 Å². The molecule has 0 saturated heterocycles. The second-order valence-corrected chi connectivity index (χ2v) is 9.70. The van der Waals surface area contributed by atoms with Gasteiger partial charge in [0.1, 0.15) is 0 Å². The van der Waals surface area contributed by atoms with Gasteiger partial charge in [-0.25, -0.2) is 9.59 Å². The molecule has 0 aliphatic heterocycles. The summed E-state index contributed by atoms with van der Waals surface area (Å²) in [7, 11) is 1.62. The highest BCUT2D eigenvalue weighted by Gasteiger charge is 2.33. The highest BCUT2D eigenvalue weighted by atomic mass is 35.6. The normalized spacial score (nSPS) is 13.7. The molecule has 31 heavy (non-hydrogen) atoms. The van der Waals surface area contributed by atoms with Crippen molar-refractivity contribution in [3.05, 3.63) is 59.7 Å². The van der Waals surface area contributed by atoms with Gasteiger partial charge >= 0.3 is 12.2 Å². The topological polar surface area (TPSA) is 67.9 Å². The summed E-state index contributed by atoms with van der Waals surface area (Å²) in [5.41, 5.74) is 2.79. The Kier molecular flexibility index (Phi) is 7.81. The number of halogens is 4. The third kappa shape index (κ3) is 5.89. The average Bonchev–Trinajstić information content (AvgIpc) is 3.04. The van der Waals surface area contributed by atoms with Crippen molar-refractivity contribution in [2.24, 2.45) is 0 Å². The molecule has 1 N–H and O–H groups in total. The predicted molar refractivity (Wildman–Crippen MR) is 122 cm³/mol. The summed E-state index contributed by atoms with van der Waals surface area (Å²) in [4.78, 5) is 25.7. The Morgan fingerprint density at radius 3 is 2.16 bits per heavy atom. The van der Waals surface area contributed by atoms with Crippen LogP contribution < -0.4 is 5.32 Å². The molecule has 0 aromatic heterocycles. The van der Waals surface area contributed by atoms with Crippen molar-refractivity contribution in [1.82, 2.24) is 10.2 Å². The fraction of sp³-hybridized carbons (Fsp3) is 0.333. The van der Waals surface area contributed by atoms with Crippen molar-refractivity contribution >= 4 is 58.6 Å². The molecule has 0 bridgehead atoms. The smallest absolute Gasteiger partial charge is 0.410 e. The average molecular weight is 506 g/mol. The van der Waals surface area contributed by atoms with E-state index in [9.17, 15) is 9.59 Å². The van der Waals surface area contributed by atoms with Gasteiger partial charge in [0.25, 0.3) is 0 Å². The zero-order chi connectivity index (χ0) is 22.6. The van der Waals surface area contributed by atoms with Gasteiger partial charge in [-0.05, 0) is 17.5 Å². The number of nitrogens with one attached hydrogen (secondary N) is 1. The number of ether oxygens (including phenoxy) is 2. The van der Waals surface area contributed by atoms with Crippen molar-refractivity contribution in [3.63, 3.8) is 0 Å². The molecule has 10 heteroatoms. The number of nitrogens with zero attached hydrogens (tertiary/aromatic N) is 1. The Morgan fingerprint density at radius 1 is 1.06 bits per heavy atom. The van der Waals surface area contributed by atoms with Gasteiger partial charge in [0.15, 0.2) is 11.6 Å². The molecule has 0 spiro atoms. The maximum absolute atomic E-state index is 12.6. The number of alkyl carbamates (subject to hydrolysis) is 1. The van der Waals surface area contributed by atoms with Crippen LogP contribution in [0.25, 0.3) is 11.1 Å². The fourth-order valence-electron chi connectivity index (χ4n) is 3.21. The summed E-state index contributed by atoms with van der Waals surface area (Å²) >= 11 is 22.4. The standard InChI is InChI=1S/C21H20Cl4N2O4/c1-27(11-6-12-30-19(28)26-18(22)21(23,24)25)20(29)31-17-15-9-4-2-7-13(15)14-8-3-5-10-16(14)17/h2-5,7-10,17-18H,6,11-12H2,1H3,(H,26,28). The van der Waals surface area contributed by atoms with E-state index in [4.69, 9.17) is 55.9 Å². The lowest BCUT2D eigenvalue weighted by Gasteiger charge is -2.21. The maximum atomic E-state index is 12.6. The van der Waals surface area contributed by atoms with Crippen molar-refractivity contribution in [1.29, 1.82) is 0 Å². The minimum Gasteiger partial charge on any atom is -0.449 e. The first kappa shape index (κ1) is 23.8. The molecule has 2 aromatic carbocycles. The number of hydrogen-bond donors (Lipinski definition) is 1. The van der Waals surface area contributed by atoms with Gasteiger partial charge in [-0.1, -0.05) is 94.9 Å². The summed E-state index contributed by atoms with van der Waals surface area (Å²) in [6.07, 6.45) is -1.38. The number of carbonyl (C=O) groups is 2. The monoisotopic (exact) mass is 504 g/mol. The van der Waals surface area contributed by atoms with E-state index in [1.165, 1.54) is 4.90 Å². The summed E-state index contributed by atoms with van der Waals surface area (Å²) in [5.74, 6) is 0. The lowest BCUT2D eigenvalue weighted by Crippen LogP contribution is -2.40. The number of carbonyl (C=O) groups excluding carboxylic acids is 2. The third-order valence-electron chi connectivity index (χ3n) is 4.71. The van der Waals surface area contributed by atoms with Gasteiger partial charge < -0.3 is 19.7 Å². The fourth-order valence-corrected chi connectivity index (χ4v) is 3.46. The Morgan fingerprint density at radius 2 is 1.61 bits per heavy atom. The molecule has 1 atom stereocenters. The van der Waals surface area contributed by atoms with Crippen LogP contribution in [0.4, 0.5) is 9.59 Å². The second kappa shape index (κ2) is 10.2. The molecule has 2 aromatic rings. The van der Waals surface area contributed by atoms with Gasteiger partial charge in [0.05, 0.1) is 6.61 Å². The van der Waals surface area contributed by atoms with Crippen LogP contribution in [-0.4, -0.2) is 46.6 Å². The molecule has 1 aliphatic carbocycles. The van der Waals surface area contributed by atoms with E-state index >= 15 is 0 Å². The van der Waals surface area contributed by atoms with Crippen molar-refractivity contribution in [3.8, 4) is 11.1 Å². The molecule has 1 unspecified atom stereocenters. The Labute approximate surface area is 200 Å². The third-order valence-corrected chi connectivity index (χ3v) is 6.14. The van der Waals surface area contributed by atoms with E-state index < -0.39 is 27.6 Å². The predicted octanol–water partition coefficient (Wildman–Crippen LogP) is 5.88. The first-order chi connectivity index (χ1) is 14.7. The zero-order valence-corrected chi connectivity index (χ0v) is 19.5. The molecular formula is C21H20Cl4N2O4. The lowest BCUT2D eigenvalue weighted by atomic mass is 10.1. The van der Waals surface area contributed by atoms with Gasteiger partial charge in [-0.2, -0.15) is 0 Å². The van der Waals surface area contributed by atoms with Gasteiger partial charge in [0, 0.05) is 24.7 Å². The molecule has 0 heterocycles. The second-order valence-electron chi connectivity index (χ2n) is 6.90. The minimum atomic E-state index is -1.86. The maximum Gasteiger partial charge on any atom is 0.410 e. The van der Waals surface area contributed by atoms with Crippen molar-refractivity contribution in [2.75, 3.05) is 20.2 Å². The SMILES string of the molecule is CN(CCCOC(=O)NC(Cl)C(Cl)(Cl)Cl)C(=O)OC1c2ccccc2-c2ccccc21. The number of amides is 2. The number of alkyl halides is 4. The van der Waals surface area contributed by atoms with E-state index in [1.807, 2.05) is 48.5 Å². The lowest BCUT2D eigenvalue weighted by molar-refractivity contribution is 0.0832. The van der Waals surface area contributed by atoms with Crippen LogP contribution in [0.5, 0.6) is 0 Å². The van der Waals surface area contributed by atoms with Crippen LogP contribution in [0.15, 0.2) is 48.5 Å². The van der Waals surface area contributed by atoms with Crippen LogP contribution in [0.3, 0.4) is 0 Å². The number of rotatable bonds is 6. The van der Waals surface area contributed by atoms with Gasteiger partial charge in [0.2, 0.25) is 3.79 Å². The zero-order valence-electron chi connectivity index (χ0n) is 16.5. The highest BCUT2D eigenvalue weighted by Crippen LogP contribution is 2.45. The quantitative estimate of drug-likeness (QED) is 0.302. The summed E-state index contributed by atoms with van der Waals surface area (Å²) in [5, 5.41) is 2.20. The first-order valence-electron chi connectivity index (χ1n) is 9.42. The molecule has 2 amide bonds. The van der Waals surface area contributed by atoms with Crippen molar-refractivity contribution in [2.45, 2.75) is 21.8 Å². The number of fused-ring (bicyclic) bond motifs is 3. The number of hydrogen-bond acceptors (Lipinski definition) is 4.